The van der Waals surface area contributed by atoms with Crippen molar-refractivity contribution in [3.05, 3.63) is 59.8 Å². The molecule has 7 unspecified atom stereocenters. The minimum Gasteiger partial charge on any atom is -0.481 e. The van der Waals surface area contributed by atoms with E-state index < -0.39 is 70.3 Å². The van der Waals surface area contributed by atoms with Gasteiger partial charge < -0.3 is 19.0 Å². The van der Waals surface area contributed by atoms with Gasteiger partial charge in [0.2, 0.25) is 0 Å². The fourth-order valence-electron chi connectivity index (χ4n) is 6.96. The van der Waals surface area contributed by atoms with Crippen LogP contribution in [-0.2, 0) is 23.9 Å². The minimum atomic E-state index is -1.38. The second-order valence-corrected chi connectivity index (χ2v) is 10.6. The van der Waals surface area contributed by atoms with Crippen molar-refractivity contribution in [2.24, 2.45) is 28.6 Å². The third-order valence-corrected chi connectivity index (χ3v) is 8.66. The van der Waals surface area contributed by atoms with E-state index in [1.165, 1.54) is 30.7 Å². The Morgan fingerprint density at radius 3 is 2.56 bits per heavy atom. The molecule has 1 saturated heterocycles. The largest absolute Gasteiger partial charge is 0.481 e. The van der Waals surface area contributed by atoms with E-state index in [2.05, 4.69) is 0 Å². The van der Waals surface area contributed by atoms with Gasteiger partial charge in [-0.05, 0) is 48.3 Å². The van der Waals surface area contributed by atoms with E-state index in [9.17, 15) is 28.7 Å². The lowest BCUT2D eigenvalue weighted by molar-refractivity contribution is -0.207. The van der Waals surface area contributed by atoms with Crippen molar-refractivity contribution in [1.82, 2.24) is 0 Å². The van der Waals surface area contributed by atoms with Crippen molar-refractivity contribution in [2.75, 3.05) is 0 Å². The first kappa shape index (κ1) is 24.2. The number of furan rings is 1. The van der Waals surface area contributed by atoms with Crippen LogP contribution in [-0.4, -0.2) is 34.9 Å². The van der Waals surface area contributed by atoms with Crippen molar-refractivity contribution < 1.29 is 42.6 Å². The van der Waals surface area contributed by atoms with Gasteiger partial charge in [-0.25, -0.2) is 9.18 Å². The highest BCUT2D eigenvalue weighted by Crippen LogP contribution is 2.65. The van der Waals surface area contributed by atoms with Gasteiger partial charge in [-0.15, -0.1) is 0 Å². The quantitative estimate of drug-likeness (QED) is 0.618. The number of carbonyl (C=O) groups excluding carboxylic acids is 3. The first-order valence-corrected chi connectivity index (χ1v) is 12.0. The van der Waals surface area contributed by atoms with Gasteiger partial charge in [0.25, 0.3) is 0 Å². The molecule has 1 N–H and O–H groups in total. The first-order valence-electron chi connectivity index (χ1n) is 12.0. The van der Waals surface area contributed by atoms with E-state index >= 15 is 0 Å². The molecule has 8 nitrogen and oxygen atoms in total. The molecule has 0 radical (unpaired) electrons. The average molecular weight is 499 g/mol. The molecular formula is C27H27FO8. The van der Waals surface area contributed by atoms with Crippen molar-refractivity contribution in [3.63, 3.8) is 0 Å². The maximum absolute atomic E-state index is 14.2. The summed E-state index contributed by atoms with van der Waals surface area (Å²) in [6.45, 7) is 3.60. The third-order valence-electron chi connectivity index (χ3n) is 8.66. The number of esters is 2. The third kappa shape index (κ3) is 3.63. The van der Waals surface area contributed by atoms with Gasteiger partial charge in [0.05, 0.1) is 29.9 Å². The molecule has 2 saturated carbocycles. The van der Waals surface area contributed by atoms with Gasteiger partial charge in [0.1, 0.15) is 11.9 Å². The lowest BCUT2D eigenvalue weighted by atomic mass is 9.43. The maximum atomic E-state index is 14.2. The van der Waals surface area contributed by atoms with Crippen LogP contribution in [0.2, 0.25) is 0 Å². The van der Waals surface area contributed by atoms with Gasteiger partial charge in [-0.3, -0.25) is 14.4 Å². The Morgan fingerprint density at radius 2 is 1.89 bits per heavy atom. The van der Waals surface area contributed by atoms with Crippen LogP contribution in [0.5, 0.6) is 0 Å². The Kier molecular flexibility index (Phi) is 5.76. The van der Waals surface area contributed by atoms with Crippen molar-refractivity contribution in [2.45, 2.75) is 51.7 Å². The number of hydrogen-bond donors (Lipinski definition) is 1. The molecule has 2 aromatic rings. The fraction of sp³-hybridized carbons (Fsp3) is 0.481. The average Bonchev–Trinajstić information content (AvgIpc) is 3.35. The normalized spacial score (nSPS) is 35.8. The molecule has 3 aliphatic rings. The van der Waals surface area contributed by atoms with Crippen LogP contribution in [0.25, 0.3) is 0 Å². The zero-order valence-electron chi connectivity index (χ0n) is 19.9. The van der Waals surface area contributed by atoms with E-state index in [1.807, 2.05) is 6.92 Å². The fourth-order valence-corrected chi connectivity index (χ4v) is 6.96. The predicted octanol–water partition coefficient (Wildman–Crippen LogP) is 4.34. The number of cyclic esters (lactones) is 1. The van der Waals surface area contributed by atoms with Crippen molar-refractivity contribution in [1.29, 1.82) is 0 Å². The minimum absolute atomic E-state index is 0.211. The summed E-state index contributed by atoms with van der Waals surface area (Å²) in [7, 11) is 0. The highest BCUT2D eigenvalue weighted by atomic mass is 19.1. The molecule has 0 bridgehead atoms. The SMILES string of the molecule is CC12CCC3C(=O)OC(c4ccoc4)CC3(C)C1C(=O)C(OC(=O)c1ccccc1F)CC2C(=O)O. The molecular weight excluding hydrogens is 471 g/mol. The number of fused-ring (bicyclic) bond motifs is 3. The number of hydrogen-bond acceptors (Lipinski definition) is 7. The van der Waals surface area contributed by atoms with E-state index in [-0.39, 0.29) is 18.4 Å². The first-order chi connectivity index (χ1) is 17.1. The summed E-state index contributed by atoms with van der Waals surface area (Å²) < 4.78 is 30.5. The Labute approximate surface area is 206 Å². The molecule has 7 atom stereocenters. The van der Waals surface area contributed by atoms with Gasteiger partial charge in [0.15, 0.2) is 11.9 Å². The number of Topliss-reactive ketones (excluding diaryl/α,β-unsaturated/α-hetero) is 1. The number of ketones is 1. The number of carboxylic acids is 1. The maximum Gasteiger partial charge on any atom is 0.341 e. The van der Waals surface area contributed by atoms with E-state index in [0.717, 1.165) is 6.07 Å². The molecule has 3 fully saturated rings. The molecule has 9 heteroatoms. The van der Waals surface area contributed by atoms with Crippen LogP contribution in [0.3, 0.4) is 0 Å². The number of halogens is 1. The number of ether oxygens (including phenoxy) is 2. The molecule has 0 spiro atoms. The summed E-state index contributed by atoms with van der Waals surface area (Å²) in [5, 5.41) is 10.2. The Hall–Kier alpha value is -3.49. The Morgan fingerprint density at radius 1 is 1.14 bits per heavy atom. The molecule has 2 heterocycles. The van der Waals surface area contributed by atoms with E-state index in [1.54, 1.807) is 13.0 Å². The lowest BCUT2D eigenvalue weighted by Crippen LogP contribution is -2.64. The monoisotopic (exact) mass is 498 g/mol. The van der Waals surface area contributed by atoms with Crippen molar-refractivity contribution in [3.8, 4) is 0 Å². The van der Waals surface area contributed by atoms with Crippen LogP contribution in [0, 0.1) is 34.4 Å². The van der Waals surface area contributed by atoms with Gasteiger partial charge in [0, 0.05) is 17.9 Å². The number of aliphatic carboxylic acids is 1. The standard InChI is InChI=1S/C27H27FO8/c1-26-9-7-16-25(33)36-20(14-8-10-34-13-14)12-27(16,2)22(26)21(29)19(11-17(26)23(30)31)35-24(32)15-5-3-4-6-18(15)28/h3-6,8,10,13,16-17,19-20,22H,7,9,11-12H2,1-2H3,(H,30,31). The Bertz CT molecular complexity index is 1220. The number of benzene rings is 1. The van der Waals surface area contributed by atoms with Gasteiger partial charge in [-0.2, -0.15) is 0 Å². The second-order valence-electron chi connectivity index (χ2n) is 10.6. The molecule has 190 valence electrons. The molecule has 0 amide bonds. The summed E-state index contributed by atoms with van der Waals surface area (Å²) >= 11 is 0. The highest BCUT2D eigenvalue weighted by molar-refractivity contribution is 5.96. The molecule has 1 aromatic heterocycles. The Balaban J connectivity index is 1.53. The molecule has 2 aliphatic carbocycles. The lowest BCUT2D eigenvalue weighted by Gasteiger charge is -2.60. The van der Waals surface area contributed by atoms with E-state index in [0.29, 0.717) is 18.4 Å². The van der Waals surface area contributed by atoms with Crippen LogP contribution < -0.4 is 0 Å². The summed E-state index contributed by atoms with van der Waals surface area (Å²) in [6.07, 6.45) is 1.71. The predicted molar refractivity (Wildman–Crippen MR) is 121 cm³/mol. The van der Waals surface area contributed by atoms with Crippen LogP contribution in [0.15, 0.2) is 47.3 Å². The number of rotatable bonds is 4. The van der Waals surface area contributed by atoms with Crippen molar-refractivity contribution >= 4 is 23.7 Å². The topological polar surface area (TPSA) is 120 Å². The van der Waals surface area contributed by atoms with Crippen LogP contribution in [0.1, 0.15) is 61.6 Å². The highest BCUT2D eigenvalue weighted by Gasteiger charge is 2.67. The molecule has 1 aliphatic heterocycles. The van der Waals surface area contributed by atoms with Gasteiger partial charge >= 0.3 is 17.9 Å². The van der Waals surface area contributed by atoms with Crippen LogP contribution >= 0.6 is 0 Å². The number of carboxylic acid groups (broad SMARTS) is 1. The molecule has 1 aromatic carbocycles. The zero-order valence-corrected chi connectivity index (χ0v) is 19.9. The summed E-state index contributed by atoms with van der Waals surface area (Å²) in [5.41, 5.74) is -1.60. The molecule has 36 heavy (non-hydrogen) atoms. The number of carbonyl (C=O) groups is 4. The van der Waals surface area contributed by atoms with Gasteiger partial charge in [-0.1, -0.05) is 26.0 Å². The van der Waals surface area contributed by atoms with E-state index in [4.69, 9.17) is 13.9 Å². The summed E-state index contributed by atoms with van der Waals surface area (Å²) in [4.78, 5) is 52.3. The zero-order chi connectivity index (χ0) is 25.8. The molecule has 5 rings (SSSR count). The van der Waals surface area contributed by atoms with Crippen LogP contribution in [0.4, 0.5) is 4.39 Å². The smallest absolute Gasteiger partial charge is 0.341 e. The summed E-state index contributed by atoms with van der Waals surface area (Å²) in [6, 6.07) is 6.92. The summed E-state index contributed by atoms with van der Waals surface area (Å²) in [5.74, 6) is -6.31. The second kappa shape index (κ2) is 8.57.